The van der Waals surface area contributed by atoms with E-state index in [2.05, 4.69) is 4.98 Å². The van der Waals surface area contributed by atoms with Crippen LogP contribution in [0.1, 0.15) is 11.3 Å². The number of hydrogen-bond donors (Lipinski definition) is 0. The van der Waals surface area contributed by atoms with Gasteiger partial charge < -0.3 is 19.1 Å². The fourth-order valence-electron chi connectivity index (χ4n) is 2.97. The number of pyridine rings is 2. The number of amides is 1. The third kappa shape index (κ3) is 4.87. The highest BCUT2D eigenvalue weighted by molar-refractivity contribution is 5.78. The zero-order valence-corrected chi connectivity index (χ0v) is 16.1. The van der Waals surface area contributed by atoms with Gasteiger partial charge in [0.15, 0.2) is 12.4 Å². The van der Waals surface area contributed by atoms with E-state index >= 15 is 0 Å². The average molecular weight is 410 g/mol. The molecule has 2 aromatic heterocycles. The molecule has 1 saturated heterocycles. The van der Waals surface area contributed by atoms with E-state index in [0.29, 0.717) is 32.0 Å². The van der Waals surface area contributed by atoms with Gasteiger partial charge in [-0.25, -0.2) is 4.98 Å². The third-order valence-electron chi connectivity index (χ3n) is 4.83. The Labute approximate surface area is 165 Å². The number of halogens is 3. The number of carbonyl (C=O) groups is 1. The molecule has 7 nitrogen and oxygen atoms in total. The van der Waals surface area contributed by atoms with Gasteiger partial charge in [-0.1, -0.05) is 0 Å². The van der Waals surface area contributed by atoms with E-state index in [1.165, 1.54) is 12.1 Å². The van der Waals surface area contributed by atoms with Gasteiger partial charge in [-0.3, -0.25) is 9.59 Å². The molecule has 29 heavy (non-hydrogen) atoms. The molecule has 1 aliphatic heterocycles. The lowest BCUT2D eigenvalue weighted by atomic mass is 10.2. The molecular weight excluding hydrogens is 389 g/mol. The zero-order chi connectivity index (χ0) is 21.2. The molecule has 1 aliphatic rings. The highest BCUT2D eigenvalue weighted by Crippen LogP contribution is 2.29. The van der Waals surface area contributed by atoms with Crippen LogP contribution in [-0.2, 0) is 18.0 Å². The summed E-state index contributed by atoms with van der Waals surface area (Å²) in [5.74, 6) is 0.288. The summed E-state index contributed by atoms with van der Waals surface area (Å²) in [5.41, 5.74) is -0.303. The number of hydrogen-bond acceptors (Lipinski definition) is 5. The molecule has 0 bridgehead atoms. The minimum Gasteiger partial charge on any atom is -0.478 e. The predicted molar refractivity (Wildman–Crippen MR) is 99.9 cm³/mol. The van der Waals surface area contributed by atoms with Crippen LogP contribution >= 0.6 is 0 Å². The normalized spacial score (nSPS) is 14.8. The largest absolute Gasteiger partial charge is 0.478 e. The molecule has 0 atom stereocenters. The molecule has 156 valence electrons. The Morgan fingerprint density at radius 3 is 2.48 bits per heavy atom. The summed E-state index contributed by atoms with van der Waals surface area (Å²) in [6.07, 6.45) is -2.07. The first kappa shape index (κ1) is 20.7. The quantitative estimate of drug-likeness (QED) is 0.770. The second-order valence-electron chi connectivity index (χ2n) is 6.81. The van der Waals surface area contributed by atoms with Crippen LogP contribution in [0, 0.1) is 6.92 Å². The fourth-order valence-corrected chi connectivity index (χ4v) is 2.97. The summed E-state index contributed by atoms with van der Waals surface area (Å²) < 4.78 is 45.0. The Morgan fingerprint density at radius 2 is 1.90 bits per heavy atom. The van der Waals surface area contributed by atoms with Crippen LogP contribution in [0.25, 0.3) is 0 Å². The molecule has 0 unspecified atom stereocenters. The van der Waals surface area contributed by atoms with Gasteiger partial charge in [0.25, 0.3) is 5.91 Å². The summed E-state index contributed by atoms with van der Waals surface area (Å²) in [6.45, 7) is 3.19. The molecule has 10 heteroatoms. The number of ether oxygens (including phenoxy) is 1. The van der Waals surface area contributed by atoms with Gasteiger partial charge in [0, 0.05) is 57.4 Å². The fraction of sp³-hybridized carbons (Fsp3) is 0.421. The van der Waals surface area contributed by atoms with Crippen molar-refractivity contribution in [3.8, 4) is 5.75 Å². The van der Waals surface area contributed by atoms with Crippen molar-refractivity contribution in [1.82, 2.24) is 14.5 Å². The predicted octanol–water partition coefficient (Wildman–Crippen LogP) is 1.84. The van der Waals surface area contributed by atoms with E-state index in [1.807, 2.05) is 4.90 Å². The Kier molecular flexibility index (Phi) is 5.81. The van der Waals surface area contributed by atoms with Crippen LogP contribution < -0.4 is 15.1 Å². The topological polar surface area (TPSA) is 67.7 Å². The number of alkyl halides is 3. The molecule has 0 aliphatic carbocycles. The van der Waals surface area contributed by atoms with Crippen molar-refractivity contribution in [2.45, 2.75) is 13.1 Å². The van der Waals surface area contributed by atoms with Crippen LogP contribution in [-0.4, -0.2) is 53.1 Å². The standard InChI is InChI=1S/C19H21F3N4O3/c1-13-9-15(27)16(11-24(13)2)29-12-18(28)26-7-5-25(6-8-26)17-4-3-14(10-23-17)19(20,21)22/h3-4,9-11H,5-8,12H2,1-2H3. The van der Waals surface area contributed by atoms with Gasteiger partial charge in [0.05, 0.1) is 5.56 Å². The molecule has 0 aromatic carbocycles. The summed E-state index contributed by atoms with van der Waals surface area (Å²) in [4.78, 5) is 31.6. The Morgan fingerprint density at radius 1 is 1.21 bits per heavy atom. The van der Waals surface area contributed by atoms with Crippen molar-refractivity contribution in [3.63, 3.8) is 0 Å². The Hall–Kier alpha value is -3.04. The maximum atomic E-state index is 12.6. The number of rotatable bonds is 4. The first-order valence-electron chi connectivity index (χ1n) is 9.01. The first-order chi connectivity index (χ1) is 13.6. The third-order valence-corrected chi connectivity index (χ3v) is 4.83. The SMILES string of the molecule is Cc1cc(=O)c(OCC(=O)N2CCN(c3ccc(C(F)(F)F)cn3)CC2)cn1C. The maximum Gasteiger partial charge on any atom is 0.417 e. The van der Waals surface area contributed by atoms with E-state index in [1.54, 1.807) is 29.6 Å². The molecule has 1 amide bonds. The van der Waals surface area contributed by atoms with Crippen molar-refractivity contribution in [3.05, 3.63) is 52.1 Å². The van der Waals surface area contributed by atoms with E-state index in [0.717, 1.165) is 18.0 Å². The van der Waals surface area contributed by atoms with Crippen LogP contribution in [0.3, 0.4) is 0 Å². The molecule has 2 aromatic rings. The summed E-state index contributed by atoms with van der Waals surface area (Å²) >= 11 is 0. The number of aryl methyl sites for hydroxylation is 2. The van der Waals surface area contributed by atoms with Crippen LogP contribution in [0.2, 0.25) is 0 Å². The van der Waals surface area contributed by atoms with Crippen molar-refractivity contribution >= 4 is 11.7 Å². The number of carbonyl (C=O) groups excluding carboxylic acids is 1. The smallest absolute Gasteiger partial charge is 0.417 e. The monoisotopic (exact) mass is 410 g/mol. The van der Waals surface area contributed by atoms with Crippen LogP contribution in [0.4, 0.5) is 19.0 Å². The lowest BCUT2D eigenvalue weighted by molar-refractivity contribution is -0.138. The second-order valence-corrected chi connectivity index (χ2v) is 6.81. The Balaban J connectivity index is 1.53. The van der Waals surface area contributed by atoms with E-state index in [9.17, 15) is 22.8 Å². The maximum absolute atomic E-state index is 12.6. The Bertz CT molecular complexity index is 933. The second kappa shape index (κ2) is 8.14. The molecule has 0 N–H and O–H groups in total. The highest BCUT2D eigenvalue weighted by Gasteiger charge is 2.31. The van der Waals surface area contributed by atoms with Gasteiger partial charge >= 0.3 is 6.18 Å². The molecule has 0 radical (unpaired) electrons. The van der Waals surface area contributed by atoms with Crippen molar-refractivity contribution in [2.24, 2.45) is 7.05 Å². The van der Waals surface area contributed by atoms with Gasteiger partial charge in [0.1, 0.15) is 5.82 Å². The van der Waals surface area contributed by atoms with Gasteiger partial charge in [-0.05, 0) is 19.1 Å². The minimum absolute atomic E-state index is 0.110. The molecule has 0 spiro atoms. The van der Waals surface area contributed by atoms with Gasteiger partial charge in [0.2, 0.25) is 5.43 Å². The molecule has 1 fully saturated rings. The van der Waals surface area contributed by atoms with Crippen molar-refractivity contribution < 1.29 is 22.7 Å². The summed E-state index contributed by atoms with van der Waals surface area (Å²) in [7, 11) is 1.78. The first-order valence-corrected chi connectivity index (χ1v) is 9.01. The van der Waals surface area contributed by atoms with Crippen LogP contribution in [0.5, 0.6) is 5.75 Å². The number of piperazine rings is 1. The number of aromatic nitrogens is 2. The molecule has 3 rings (SSSR count). The zero-order valence-electron chi connectivity index (χ0n) is 16.1. The minimum atomic E-state index is -4.42. The molecular formula is C19H21F3N4O3. The lowest BCUT2D eigenvalue weighted by Crippen LogP contribution is -2.50. The van der Waals surface area contributed by atoms with Gasteiger partial charge in [-0.15, -0.1) is 0 Å². The highest BCUT2D eigenvalue weighted by atomic mass is 19.4. The van der Waals surface area contributed by atoms with Crippen LogP contribution in [0.15, 0.2) is 35.4 Å². The van der Waals surface area contributed by atoms with Crippen molar-refractivity contribution in [1.29, 1.82) is 0 Å². The summed E-state index contributed by atoms with van der Waals surface area (Å²) in [5, 5.41) is 0. The van der Waals surface area contributed by atoms with E-state index < -0.39 is 11.7 Å². The lowest BCUT2D eigenvalue weighted by Gasteiger charge is -2.35. The van der Waals surface area contributed by atoms with E-state index in [-0.39, 0.29) is 23.7 Å². The van der Waals surface area contributed by atoms with E-state index in [4.69, 9.17) is 4.74 Å². The summed E-state index contributed by atoms with van der Waals surface area (Å²) in [6, 6.07) is 3.77. The average Bonchev–Trinajstić information content (AvgIpc) is 2.69. The molecule has 0 saturated carbocycles. The number of anilines is 1. The van der Waals surface area contributed by atoms with Crippen molar-refractivity contribution in [2.75, 3.05) is 37.7 Å². The molecule has 3 heterocycles. The number of nitrogens with zero attached hydrogens (tertiary/aromatic N) is 4. The van der Waals surface area contributed by atoms with Gasteiger partial charge in [-0.2, -0.15) is 13.2 Å².